The Labute approximate surface area is 99.5 Å². The lowest BCUT2D eigenvalue weighted by Gasteiger charge is -2.21. The summed E-state index contributed by atoms with van der Waals surface area (Å²) in [7, 11) is 0. The molecule has 1 aromatic heterocycles. The van der Waals surface area contributed by atoms with Crippen molar-refractivity contribution in [3.63, 3.8) is 0 Å². The molecule has 1 rings (SSSR count). The van der Waals surface area contributed by atoms with Crippen LogP contribution in [0.4, 0.5) is 0 Å². The molecule has 0 radical (unpaired) electrons. The van der Waals surface area contributed by atoms with Crippen LogP contribution in [0.2, 0.25) is 0 Å². The molecule has 16 heavy (non-hydrogen) atoms. The zero-order valence-electron chi connectivity index (χ0n) is 10.7. The minimum atomic E-state index is 0.659. The van der Waals surface area contributed by atoms with Crippen LogP contribution in [-0.2, 0) is 6.42 Å². The van der Waals surface area contributed by atoms with E-state index in [1.54, 1.807) is 0 Å². The van der Waals surface area contributed by atoms with Crippen LogP contribution in [0.15, 0.2) is 24.5 Å². The zero-order valence-corrected chi connectivity index (χ0v) is 10.7. The van der Waals surface area contributed by atoms with Crippen molar-refractivity contribution in [2.45, 2.75) is 46.1 Å². The van der Waals surface area contributed by atoms with Crippen LogP contribution in [0.5, 0.6) is 0 Å². The molecule has 0 amide bonds. The van der Waals surface area contributed by atoms with Gasteiger partial charge in [0.2, 0.25) is 0 Å². The van der Waals surface area contributed by atoms with E-state index in [4.69, 9.17) is 0 Å². The second-order valence-corrected chi connectivity index (χ2v) is 4.66. The van der Waals surface area contributed by atoms with Gasteiger partial charge in [-0.25, -0.2) is 0 Å². The average Bonchev–Trinajstić information content (AvgIpc) is 2.29. The average molecular weight is 220 g/mol. The van der Waals surface area contributed by atoms with Gasteiger partial charge in [0, 0.05) is 18.4 Å². The summed E-state index contributed by atoms with van der Waals surface area (Å²) in [4.78, 5) is 4.03. The van der Waals surface area contributed by atoms with E-state index in [0.717, 1.165) is 18.9 Å². The van der Waals surface area contributed by atoms with Gasteiger partial charge in [0.15, 0.2) is 0 Å². The molecule has 2 heteroatoms. The number of hydrogen-bond acceptors (Lipinski definition) is 2. The second-order valence-electron chi connectivity index (χ2n) is 4.66. The molecule has 2 nitrogen and oxygen atoms in total. The fourth-order valence-corrected chi connectivity index (χ4v) is 2.01. The monoisotopic (exact) mass is 220 g/mol. The third kappa shape index (κ3) is 4.75. The molecule has 1 N–H and O–H groups in total. The van der Waals surface area contributed by atoms with Gasteiger partial charge in [0.05, 0.1) is 0 Å². The topological polar surface area (TPSA) is 24.9 Å². The molecule has 1 unspecified atom stereocenters. The SMILES string of the molecule is CCNC(CCCc1ccncc1)C(C)C. The lowest BCUT2D eigenvalue weighted by atomic mass is 9.97. The second kappa shape index (κ2) is 7.39. The summed E-state index contributed by atoms with van der Waals surface area (Å²) in [5, 5.41) is 3.56. The van der Waals surface area contributed by atoms with E-state index in [2.05, 4.69) is 43.2 Å². The minimum absolute atomic E-state index is 0.659. The van der Waals surface area contributed by atoms with Crippen LogP contribution < -0.4 is 5.32 Å². The Bertz CT molecular complexity index is 269. The highest BCUT2D eigenvalue weighted by Crippen LogP contribution is 2.11. The Hall–Kier alpha value is -0.890. The molecule has 1 atom stereocenters. The van der Waals surface area contributed by atoms with Crippen LogP contribution in [0.3, 0.4) is 0 Å². The van der Waals surface area contributed by atoms with Gasteiger partial charge in [-0.2, -0.15) is 0 Å². The first-order valence-electron chi connectivity index (χ1n) is 6.36. The van der Waals surface area contributed by atoms with Gasteiger partial charge >= 0.3 is 0 Å². The van der Waals surface area contributed by atoms with E-state index < -0.39 is 0 Å². The molecule has 0 spiro atoms. The molecule has 0 fully saturated rings. The number of aromatic nitrogens is 1. The number of nitrogens with zero attached hydrogens (tertiary/aromatic N) is 1. The van der Waals surface area contributed by atoms with Gasteiger partial charge in [-0.15, -0.1) is 0 Å². The quantitative estimate of drug-likeness (QED) is 0.764. The number of hydrogen-bond donors (Lipinski definition) is 1. The Balaban J connectivity index is 2.28. The molecule has 1 aromatic rings. The number of aryl methyl sites for hydroxylation is 1. The van der Waals surface area contributed by atoms with Crippen LogP contribution >= 0.6 is 0 Å². The predicted molar refractivity (Wildman–Crippen MR) is 69.5 cm³/mol. The van der Waals surface area contributed by atoms with Gasteiger partial charge in [0.25, 0.3) is 0 Å². The van der Waals surface area contributed by atoms with Gasteiger partial charge in [-0.1, -0.05) is 20.8 Å². The molecule has 0 aliphatic heterocycles. The van der Waals surface area contributed by atoms with Crippen LogP contribution in [0.1, 0.15) is 39.2 Å². The lowest BCUT2D eigenvalue weighted by Crippen LogP contribution is -2.33. The van der Waals surface area contributed by atoms with Crippen molar-refractivity contribution in [1.82, 2.24) is 10.3 Å². The predicted octanol–water partition coefficient (Wildman–Crippen LogP) is 3.04. The molecule has 0 aliphatic rings. The number of pyridine rings is 1. The smallest absolute Gasteiger partial charge is 0.0270 e. The summed E-state index contributed by atoms with van der Waals surface area (Å²) < 4.78 is 0. The highest BCUT2D eigenvalue weighted by Gasteiger charge is 2.10. The van der Waals surface area contributed by atoms with E-state index >= 15 is 0 Å². The van der Waals surface area contributed by atoms with Crippen molar-refractivity contribution < 1.29 is 0 Å². The molecular formula is C14H24N2. The minimum Gasteiger partial charge on any atom is -0.314 e. The van der Waals surface area contributed by atoms with Crippen molar-refractivity contribution >= 4 is 0 Å². The third-order valence-electron chi connectivity index (χ3n) is 3.00. The van der Waals surface area contributed by atoms with E-state index in [-0.39, 0.29) is 0 Å². The van der Waals surface area contributed by atoms with Crippen molar-refractivity contribution in [3.8, 4) is 0 Å². The molecule has 0 saturated heterocycles. The Morgan fingerprint density at radius 3 is 2.50 bits per heavy atom. The van der Waals surface area contributed by atoms with Gasteiger partial charge in [-0.05, 0) is 49.4 Å². The first-order valence-corrected chi connectivity index (χ1v) is 6.36. The summed E-state index contributed by atoms with van der Waals surface area (Å²) in [5.74, 6) is 0.720. The van der Waals surface area contributed by atoms with Gasteiger partial charge < -0.3 is 5.32 Å². The van der Waals surface area contributed by atoms with Crippen molar-refractivity contribution in [2.24, 2.45) is 5.92 Å². The zero-order chi connectivity index (χ0) is 11.8. The highest BCUT2D eigenvalue weighted by molar-refractivity contribution is 5.09. The van der Waals surface area contributed by atoms with E-state index in [0.29, 0.717) is 6.04 Å². The Morgan fingerprint density at radius 1 is 1.25 bits per heavy atom. The maximum absolute atomic E-state index is 4.03. The molecule has 1 heterocycles. The summed E-state index contributed by atoms with van der Waals surface area (Å²) in [6.45, 7) is 7.83. The first kappa shape index (κ1) is 13.2. The fraction of sp³-hybridized carbons (Fsp3) is 0.643. The lowest BCUT2D eigenvalue weighted by molar-refractivity contribution is 0.377. The van der Waals surface area contributed by atoms with Crippen molar-refractivity contribution in [2.75, 3.05) is 6.54 Å². The Kier molecular flexibility index (Phi) is 6.09. The van der Waals surface area contributed by atoms with Crippen molar-refractivity contribution in [3.05, 3.63) is 30.1 Å². The fourth-order valence-electron chi connectivity index (χ4n) is 2.01. The number of nitrogens with one attached hydrogen (secondary N) is 1. The molecule has 90 valence electrons. The highest BCUT2D eigenvalue weighted by atomic mass is 14.9. The summed E-state index contributed by atoms with van der Waals surface area (Å²) in [6.07, 6.45) is 7.42. The van der Waals surface area contributed by atoms with Gasteiger partial charge in [0.1, 0.15) is 0 Å². The Morgan fingerprint density at radius 2 is 1.94 bits per heavy atom. The third-order valence-corrected chi connectivity index (χ3v) is 3.00. The molecule has 0 aliphatic carbocycles. The largest absolute Gasteiger partial charge is 0.314 e. The summed E-state index contributed by atoms with van der Waals surface area (Å²) in [6, 6.07) is 4.88. The van der Waals surface area contributed by atoms with E-state index in [1.807, 2.05) is 12.4 Å². The maximum atomic E-state index is 4.03. The standard InChI is InChI=1S/C14H24N2/c1-4-16-14(12(2)3)7-5-6-13-8-10-15-11-9-13/h8-12,14,16H,4-7H2,1-3H3. The molecule has 0 bridgehead atoms. The summed E-state index contributed by atoms with van der Waals surface area (Å²) in [5.41, 5.74) is 1.40. The van der Waals surface area contributed by atoms with E-state index in [9.17, 15) is 0 Å². The van der Waals surface area contributed by atoms with Gasteiger partial charge in [-0.3, -0.25) is 4.98 Å². The van der Waals surface area contributed by atoms with Crippen LogP contribution in [0.25, 0.3) is 0 Å². The van der Waals surface area contributed by atoms with Crippen molar-refractivity contribution in [1.29, 1.82) is 0 Å². The first-order chi connectivity index (χ1) is 7.74. The summed E-state index contributed by atoms with van der Waals surface area (Å²) >= 11 is 0. The molecular weight excluding hydrogens is 196 g/mol. The normalized spacial score (nSPS) is 13.0. The van der Waals surface area contributed by atoms with E-state index in [1.165, 1.54) is 18.4 Å². The molecule has 0 aromatic carbocycles. The number of rotatable bonds is 7. The maximum Gasteiger partial charge on any atom is 0.0270 e. The van der Waals surface area contributed by atoms with Crippen LogP contribution in [-0.4, -0.2) is 17.6 Å². The van der Waals surface area contributed by atoms with Crippen LogP contribution in [0, 0.1) is 5.92 Å². The molecule has 0 saturated carbocycles.